The van der Waals surface area contributed by atoms with E-state index in [-0.39, 0.29) is 18.5 Å². The molecular weight excluding hydrogens is 483 g/mol. The first-order chi connectivity index (χ1) is 17.5. The number of amides is 1. The number of carboxylic acid groups (broad SMARTS) is 1. The number of nitrogens with one attached hydrogen (secondary N) is 1. The van der Waals surface area contributed by atoms with Gasteiger partial charge in [0.15, 0.2) is 0 Å². The first-order valence-corrected chi connectivity index (χ1v) is 11.2. The highest BCUT2D eigenvalue weighted by molar-refractivity contribution is 6.04. The molecule has 0 bridgehead atoms. The normalized spacial score (nSPS) is 11.9. The minimum absolute atomic E-state index is 0.0931. The van der Waals surface area contributed by atoms with Gasteiger partial charge >= 0.3 is 12.1 Å². The number of hydrogen-bond donors (Lipinski definition) is 3. The van der Waals surface area contributed by atoms with Gasteiger partial charge in [-0.25, -0.2) is 5.84 Å². The first kappa shape index (κ1) is 27.2. The number of anilines is 1. The highest BCUT2D eigenvalue weighted by atomic mass is 19.4. The van der Waals surface area contributed by atoms with Crippen LogP contribution in [0.1, 0.15) is 40.4 Å². The Hall–Kier alpha value is -4.37. The fourth-order valence-corrected chi connectivity index (χ4v) is 3.61. The van der Waals surface area contributed by atoms with Crippen LogP contribution in [0.15, 0.2) is 96.7 Å². The van der Waals surface area contributed by atoms with Crippen molar-refractivity contribution < 1.29 is 27.9 Å². The van der Waals surface area contributed by atoms with Crippen LogP contribution < -0.4 is 11.2 Å². The van der Waals surface area contributed by atoms with E-state index in [2.05, 4.69) is 11.9 Å². The van der Waals surface area contributed by atoms with Gasteiger partial charge in [0.1, 0.15) is 0 Å². The van der Waals surface area contributed by atoms with Gasteiger partial charge in [-0.1, -0.05) is 49.0 Å². The van der Waals surface area contributed by atoms with Crippen molar-refractivity contribution in [3.8, 4) is 0 Å². The molecule has 37 heavy (non-hydrogen) atoms. The van der Waals surface area contributed by atoms with E-state index in [1.165, 1.54) is 5.01 Å². The third-order valence-electron chi connectivity index (χ3n) is 5.72. The number of carboxylic acids is 1. The molecule has 3 aromatic carbocycles. The van der Waals surface area contributed by atoms with Crippen LogP contribution in [0.4, 0.5) is 18.9 Å². The number of alkyl halides is 3. The zero-order chi connectivity index (χ0) is 27.2. The van der Waals surface area contributed by atoms with Crippen LogP contribution in [0.3, 0.4) is 0 Å². The van der Waals surface area contributed by atoms with E-state index < -0.39 is 23.6 Å². The lowest BCUT2D eigenvalue weighted by Gasteiger charge is -2.24. The van der Waals surface area contributed by atoms with Gasteiger partial charge in [0.25, 0.3) is 5.91 Å². The molecule has 0 fully saturated rings. The lowest BCUT2D eigenvalue weighted by atomic mass is 9.95. The van der Waals surface area contributed by atoms with Crippen molar-refractivity contribution in [2.24, 2.45) is 5.84 Å². The lowest BCUT2D eigenvalue weighted by Crippen LogP contribution is -2.30. The fraction of sp³-hybridized carbons (Fsp3) is 0.143. The minimum atomic E-state index is -4.47. The standard InChI is InChI=1S/C28H26F3N3O3/c1-18(21-6-4-3-5-7-21)25(16-26(35)36)19(2)34(32)17-20-8-14-24(15-9-20)33-27(37)22-10-12-23(13-11-22)28(29,30)31/h3-15H,1,16-17,32H2,2H3,(H,33,37)(H,35,36)/b25-19-. The van der Waals surface area contributed by atoms with Gasteiger partial charge in [-0.2, -0.15) is 13.2 Å². The number of carbonyl (C=O) groups excluding carboxylic acids is 1. The van der Waals surface area contributed by atoms with E-state index in [1.54, 1.807) is 31.2 Å². The summed E-state index contributed by atoms with van der Waals surface area (Å²) in [7, 11) is 0. The van der Waals surface area contributed by atoms with E-state index in [0.717, 1.165) is 35.4 Å². The number of nitrogens with zero attached hydrogens (tertiary/aromatic N) is 1. The second kappa shape index (κ2) is 11.6. The highest BCUT2D eigenvalue weighted by Crippen LogP contribution is 2.30. The zero-order valence-electron chi connectivity index (χ0n) is 20.0. The number of hydrazine groups is 1. The number of rotatable bonds is 9. The van der Waals surface area contributed by atoms with Crippen molar-refractivity contribution in [2.45, 2.75) is 26.1 Å². The predicted molar refractivity (Wildman–Crippen MR) is 136 cm³/mol. The molecule has 4 N–H and O–H groups in total. The molecule has 192 valence electrons. The Morgan fingerprint density at radius 3 is 2.08 bits per heavy atom. The van der Waals surface area contributed by atoms with Gasteiger partial charge in [-0.05, 0) is 65.6 Å². The van der Waals surface area contributed by atoms with Gasteiger partial charge in [-0.3, -0.25) is 9.59 Å². The van der Waals surface area contributed by atoms with Crippen LogP contribution in [0, 0.1) is 0 Å². The van der Waals surface area contributed by atoms with E-state index in [9.17, 15) is 27.9 Å². The monoisotopic (exact) mass is 509 g/mol. The molecule has 6 nitrogen and oxygen atoms in total. The molecule has 0 saturated heterocycles. The van der Waals surface area contributed by atoms with Crippen molar-refractivity contribution in [2.75, 3.05) is 5.32 Å². The molecule has 1 amide bonds. The number of hydrogen-bond acceptors (Lipinski definition) is 4. The number of aliphatic carboxylic acids is 1. The van der Waals surface area contributed by atoms with Crippen molar-refractivity contribution >= 4 is 23.1 Å². The average Bonchev–Trinajstić information content (AvgIpc) is 2.87. The maximum absolute atomic E-state index is 12.7. The maximum Gasteiger partial charge on any atom is 0.416 e. The topological polar surface area (TPSA) is 95.7 Å². The molecule has 0 aliphatic carbocycles. The Morgan fingerprint density at radius 1 is 0.946 bits per heavy atom. The van der Waals surface area contributed by atoms with Gasteiger partial charge in [0.05, 0.1) is 18.5 Å². The van der Waals surface area contributed by atoms with E-state index >= 15 is 0 Å². The quantitative estimate of drug-likeness (QED) is 0.184. The summed E-state index contributed by atoms with van der Waals surface area (Å²) in [4.78, 5) is 23.9. The smallest absolute Gasteiger partial charge is 0.416 e. The SMILES string of the molecule is C=C(/C(CC(=O)O)=C(/C)N(N)Cc1ccc(NC(=O)c2ccc(C(F)(F)F)cc2)cc1)c1ccccc1. The Morgan fingerprint density at radius 2 is 1.54 bits per heavy atom. The molecule has 0 aliphatic rings. The van der Waals surface area contributed by atoms with Crippen LogP contribution in [0.2, 0.25) is 0 Å². The van der Waals surface area contributed by atoms with Crippen LogP contribution in [-0.2, 0) is 17.5 Å². The summed E-state index contributed by atoms with van der Waals surface area (Å²) < 4.78 is 38.1. The molecular formula is C28H26F3N3O3. The number of halogens is 3. The van der Waals surface area contributed by atoms with Gasteiger partial charge in [-0.15, -0.1) is 0 Å². The van der Waals surface area contributed by atoms with Crippen LogP contribution in [-0.4, -0.2) is 22.0 Å². The number of benzene rings is 3. The Kier molecular flexibility index (Phi) is 8.52. The Bertz CT molecular complexity index is 1300. The predicted octanol–water partition coefficient (Wildman–Crippen LogP) is 6.10. The van der Waals surface area contributed by atoms with E-state index in [0.29, 0.717) is 22.5 Å². The summed E-state index contributed by atoms with van der Waals surface area (Å²) in [6.07, 6.45) is -4.72. The third kappa shape index (κ3) is 7.31. The number of nitrogens with two attached hydrogens (primary N) is 1. The molecule has 0 atom stereocenters. The molecule has 0 unspecified atom stereocenters. The zero-order valence-corrected chi connectivity index (χ0v) is 20.0. The Labute approximate surface area is 212 Å². The molecule has 9 heteroatoms. The van der Waals surface area contributed by atoms with Gasteiger partial charge < -0.3 is 15.4 Å². The molecule has 0 aromatic heterocycles. The van der Waals surface area contributed by atoms with Crippen molar-refractivity contribution in [3.05, 3.63) is 119 Å². The largest absolute Gasteiger partial charge is 0.481 e. The molecule has 0 aliphatic heterocycles. The average molecular weight is 510 g/mol. The molecule has 0 heterocycles. The van der Waals surface area contributed by atoms with E-state index in [1.807, 2.05) is 30.3 Å². The maximum atomic E-state index is 12.7. The summed E-state index contributed by atoms with van der Waals surface area (Å²) >= 11 is 0. The molecule has 0 radical (unpaired) electrons. The van der Waals surface area contributed by atoms with Crippen LogP contribution >= 0.6 is 0 Å². The van der Waals surface area contributed by atoms with Gasteiger partial charge in [0, 0.05) is 16.9 Å². The van der Waals surface area contributed by atoms with Crippen molar-refractivity contribution in [1.82, 2.24) is 5.01 Å². The summed E-state index contributed by atoms with van der Waals surface area (Å²) in [5.74, 6) is 4.72. The summed E-state index contributed by atoms with van der Waals surface area (Å²) in [5.41, 5.74) is 2.91. The number of allylic oxidation sites excluding steroid dienone is 2. The molecule has 0 spiro atoms. The lowest BCUT2D eigenvalue weighted by molar-refractivity contribution is -0.138. The molecule has 0 saturated carbocycles. The fourth-order valence-electron chi connectivity index (χ4n) is 3.61. The highest BCUT2D eigenvalue weighted by Gasteiger charge is 2.30. The number of carbonyl (C=O) groups is 2. The summed E-state index contributed by atoms with van der Waals surface area (Å²) in [6, 6.07) is 19.9. The summed E-state index contributed by atoms with van der Waals surface area (Å²) in [5, 5.41) is 13.5. The second-order valence-electron chi connectivity index (χ2n) is 8.33. The minimum Gasteiger partial charge on any atom is -0.481 e. The second-order valence-corrected chi connectivity index (χ2v) is 8.33. The third-order valence-corrected chi connectivity index (χ3v) is 5.72. The summed E-state index contributed by atoms with van der Waals surface area (Å²) in [6.45, 7) is 6.05. The Balaban J connectivity index is 1.70. The van der Waals surface area contributed by atoms with Crippen molar-refractivity contribution in [3.63, 3.8) is 0 Å². The van der Waals surface area contributed by atoms with Gasteiger partial charge in [0.2, 0.25) is 0 Å². The first-order valence-electron chi connectivity index (χ1n) is 11.2. The van der Waals surface area contributed by atoms with Crippen LogP contribution in [0.25, 0.3) is 5.57 Å². The van der Waals surface area contributed by atoms with Crippen molar-refractivity contribution in [1.29, 1.82) is 0 Å². The van der Waals surface area contributed by atoms with E-state index in [4.69, 9.17) is 5.84 Å². The van der Waals surface area contributed by atoms with Crippen LogP contribution in [0.5, 0.6) is 0 Å². The molecule has 3 aromatic rings. The molecule has 3 rings (SSSR count).